The fourth-order valence-corrected chi connectivity index (χ4v) is 1.68. The largest absolute Gasteiger partial charge is 0.0808 e. The van der Waals surface area contributed by atoms with E-state index in [0.717, 1.165) is 0 Å². The molecular weight excluding hydrogens is 168 g/mol. The van der Waals surface area contributed by atoms with E-state index in [0.29, 0.717) is 0 Å². The third-order valence-corrected chi connectivity index (χ3v) is 2.26. The predicted molar refractivity (Wildman–Crippen MR) is 68.7 cm³/mol. The third kappa shape index (κ3) is 5.26. The molecule has 0 fully saturated rings. The SMILES string of the molecule is C.CC.CCCC1=CCCC=C1CC. The topological polar surface area (TPSA) is 0 Å². The molecule has 0 atom stereocenters. The fourth-order valence-electron chi connectivity index (χ4n) is 1.68. The van der Waals surface area contributed by atoms with Crippen molar-refractivity contribution in [1.82, 2.24) is 0 Å². The Kier molecular flexibility index (Phi) is 12.0. The number of rotatable bonds is 3. The molecule has 1 aliphatic carbocycles. The maximum absolute atomic E-state index is 2.42. The first-order chi connectivity index (χ1) is 6.38. The van der Waals surface area contributed by atoms with Gasteiger partial charge in [0, 0.05) is 0 Å². The van der Waals surface area contributed by atoms with Gasteiger partial charge in [0.2, 0.25) is 0 Å². The third-order valence-electron chi connectivity index (χ3n) is 2.26. The minimum absolute atomic E-state index is 0. The second-order valence-corrected chi connectivity index (χ2v) is 3.14. The molecule has 0 aliphatic heterocycles. The van der Waals surface area contributed by atoms with Crippen LogP contribution < -0.4 is 0 Å². The Hall–Kier alpha value is -0.520. The molecule has 0 saturated heterocycles. The number of allylic oxidation sites excluding steroid dienone is 4. The molecule has 0 aromatic rings. The standard InChI is InChI=1S/C11H18.C2H6.CH4/c1-3-7-11-9-6-5-8-10(11)4-2;1-2;/h8-9H,3-7H2,1-2H3;1-2H3;1H4. The highest BCUT2D eigenvalue weighted by Crippen LogP contribution is 2.24. The summed E-state index contributed by atoms with van der Waals surface area (Å²) in [7, 11) is 0. The van der Waals surface area contributed by atoms with Gasteiger partial charge in [-0.15, -0.1) is 0 Å². The Morgan fingerprint density at radius 2 is 1.50 bits per heavy atom. The van der Waals surface area contributed by atoms with Gasteiger partial charge in [-0.3, -0.25) is 0 Å². The van der Waals surface area contributed by atoms with Crippen molar-refractivity contribution in [3.63, 3.8) is 0 Å². The normalized spacial score (nSPS) is 14.3. The van der Waals surface area contributed by atoms with Crippen molar-refractivity contribution in [1.29, 1.82) is 0 Å². The summed E-state index contributed by atoms with van der Waals surface area (Å²) in [6, 6.07) is 0. The molecule has 0 heteroatoms. The zero-order valence-electron chi connectivity index (χ0n) is 9.69. The van der Waals surface area contributed by atoms with Crippen LogP contribution in [0.15, 0.2) is 23.3 Å². The van der Waals surface area contributed by atoms with Crippen molar-refractivity contribution in [2.24, 2.45) is 0 Å². The van der Waals surface area contributed by atoms with Crippen molar-refractivity contribution < 1.29 is 0 Å². The van der Waals surface area contributed by atoms with Crippen molar-refractivity contribution in [2.75, 3.05) is 0 Å². The summed E-state index contributed by atoms with van der Waals surface area (Å²) in [5, 5.41) is 0. The summed E-state index contributed by atoms with van der Waals surface area (Å²) in [6.07, 6.45) is 11.1. The van der Waals surface area contributed by atoms with Gasteiger partial charge in [-0.25, -0.2) is 0 Å². The summed E-state index contributed by atoms with van der Waals surface area (Å²) in [5.41, 5.74) is 3.21. The summed E-state index contributed by atoms with van der Waals surface area (Å²) in [6.45, 7) is 8.50. The predicted octanol–water partition coefficient (Wildman–Crippen LogP) is 5.51. The molecule has 0 aromatic carbocycles. The average Bonchev–Trinajstić information content (AvgIpc) is 2.22. The van der Waals surface area contributed by atoms with Crippen LogP contribution in [0.4, 0.5) is 0 Å². The fraction of sp³-hybridized carbons (Fsp3) is 0.714. The van der Waals surface area contributed by atoms with E-state index in [4.69, 9.17) is 0 Å². The van der Waals surface area contributed by atoms with Crippen LogP contribution in [-0.4, -0.2) is 0 Å². The Morgan fingerprint density at radius 3 is 1.93 bits per heavy atom. The van der Waals surface area contributed by atoms with Gasteiger partial charge in [0.05, 0.1) is 0 Å². The summed E-state index contributed by atoms with van der Waals surface area (Å²) in [4.78, 5) is 0. The van der Waals surface area contributed by atoms with Crippen LogP contribution in [0.1, 0.15) is 67.2 Å². The van der Waals surface area contributed by atoms with E-state index in [9.17, 15) is 0 Å². The lowest BCUT2D eigenvalue weighted by atomic mass is 9.93. The van der Waals surface area contributed by atoms with Gasteiger partial charge in [-0.1, -0.05) is 53.7 Å². The van der Waals surface area contributed by atoms with Gasteiger partial charge in [-0.2, -0.15) is 0 Å². The molecule has 0 bridgehead atoms. The second kappa shape index (κ2) is 10.6. The quantitative estimate of drug-likeness (QED) is 0.558. The Bertz CT molecular complexity index is 172. The minimum Gasteiger partial charge on any atom is -0.0808 e. The van der Waals surface area contributed by atoms with Gasteiger partial charge in [0.25, 0.3) is 0 Å². The maximum atomic E-state index is 2.42. The van der Waals surface area contributed by atoms with Gasteiger partial charge < -0.3 is 0 Å². The van der Waals surface area contributed by atoms with E-state index >= 15 is 0 Å². The molecule has 0 spiro atoms. The van der Waals surface area contributed by atoms with Crippen LogP contribution >= 0.6 is 0 Å². The van der Waals surface area contributed by atoms with Crippen molar-refractivity contribution >= 4 is 0 Å². The highest BCUT2D eigenvalue weighted by atomic mass is 14.1. The lowest BCUT2D eigenvalue weighted by Gasteiger charge is -2.13. The van der Waals surface area contributed by atoms with Gasteiger partial charge >= 0.3 is 0 Å². The number of hydrogen-bond acceptors (Lipinski definition) is 0. The first-order valence-electron chi connectivity index (χ1n) is 5.77. The molecule has 0 aromatic heterocycles. The second-order valence-electron chi connectivity index (χ2n) is 3.14. The zero-order chi connectivity index (χ0) is 10.1. The molecule has 0 heterocycles. The minimum atomic E-state index is 0. The summed E-state index contributed by atoms with van der Waals surface area (Å²) >= 11 is 0. The maximum Gasteiger partial charge on any atom is -0.0282 e. The van der Waals surface area contributed by atoms with Crippen molar-refractivity contribution in [3.05, 3.63) is 23.3 Å². The van der Waals surface area contributed by atoms with Crippen LogP contribution in [0.25, 0.3) is 0 Å². The first-order valence-corrected chi connectivity index (χ1v) is 5.77. The molecule has 0 radical (unpaired) electrons. The van der Waals surface area contributed by atoms with Crippen LogP contribution in [0, 0.1) is 0 Å². The van der Waals surface area contributed by atoms with Gasteiger partial charge in [0.1, 0.15) is 0 Å². The molecule has 1 aliphatic rings. The lowest BCUT2D eigenvalue weighted by Crippen LogP contribution is -1.93. The van der Waals surface area contributed by atoms with Crippen LogP contribution in [0.2, 0.25) is 0 Å². The van der Waals surface area contributed by atoms with E-state index < -0.39 is 0 Å². The van der Waals surface area contributed by atoms with Crippen molar-refractivity contribution in [3.8, 4) is 0 Å². The lowest BCUT2D eigenvalue weighted by molar-refractivity contribution is 0.852. The van der Waals surface area contributed by atoms with Crippen LogP contribution in [-0.2, 0) is 0 Å². The molecule has 84 valence electrons. The van der Waals surface area contributed by atoms with Gasteiger partial charge in [-0.05, 0) is 36.8 Å². The Balaban J connectivity index is 0. The Labute approximate surface area is 91.1 Å². The van der Waals surface area contributed by atoms with E-state index in [2.05, 4.69) is 26.0 Å². The van der Waals surface area contributed by atoms with Crippen molar-refractivity contribution in [2.45, 2.75) is 67.2 Å². The summed E-state index contributed by atoms with van der Waals surface area (Å²) in [5.74, 6) is 0. The van der Waals surface area contributed by atoms with Crippen LogP contribution in [0.3, 0.4) is 0 Å². The molecular formula is C14H28. The zero-order valence-corrected chi connectivity index (χ0v) is 9.69. The first kappa shape index (κ1) is 15.9. The molecule has 14 heavy (non-hydrogen) atoms. The van der Waals surface area contributed by atoms with Crippen LogP contribution in [0.5, 0.6) is 0 Å². The van der Waals surface area contributed by atoms with E-state index in [-0.39, 0.29) is 7.43 Å². The Morgan fingerprint density at radius 1 is 1.00 bits per heavy atom. The highest BCUT2D eigenvalue weighted by molar-refractivity contribution is 5.33. The molecule has 0 saturated carbocycles. The molecule has 1 rings (SSSR count). The molecule has 0 unspecified atom stereocenters. The van der Waals surface area contributed by atoms with E-state index in [1.807, 2.05) is 13.8 Å². The van der Waals surface area contributed by atoms with E-state index in [1.54, 1.807) is 11.1 Å². The average molecular weight is 196 g/mol. The van der Waals surface area contributed by atoms with E-state index in [1.165, 1.54) is 32.1 Å². The monoisotopic (exact) mass is 196 g/mol. The smallest absolute Gasteiger partial charge is 0.0282 e. The molecule has 0 N–H and O–H groups in total. The molecule has 0 nitrogen and oxygen atoms in total. The molecule has 0 amide bonds. The highest BCUT2D eigenvalue weighted by Gasteiger charge is 2.04. The van der Waals surface area contributed by atoms with Gasteiger partial charge in [0.15, 0.2) is 0 Å². The summed E-state index contributed by atoms with van der Waals surface area (Å²) < 4.78 is 0. The number of hydrogen-bond donors (Lipinski definition) is 0.